The first-order valence-corrected chi connectivity index (χ1v) is 11.6. The largest absolute Gasteiger partial charge is 0.369 e. The molecule has 0 aliphatic carbocycles. The molecule has 3 N–H and O–H groups in total. The summed E-state index contributed by atoms with van der Waals surface area (Å²) < 4.78 is 13.6. The molecule has 0 bridgehead atoms. The number of hydrogen-bond acceptors (Lipinski definition) is 5. The molecule has 0 saturated heterocycles. The first-order valence-electron chi connectivity index (χ1n) is 11.6. The molecule has 0 radical (unpaired) electrons. The lowest BCUT2D eigenvalue weighted by atomic mass is 9.91. The number of amides is 2. The molecule has 3 aromatic rings. The van der Waals surface area contributed by atoms with Gasteiger partial charge in [0.25, 0.3) is 0 Å². The summed E-state index contributed by atoms with van der Waals surface area (Å²) in [5.74, 6) is -0.923. The van der Waals surface area contributed by atoms with E-state index in [0.29, 0.717) is 49.4 Å². The fourth-order valence-corrected chi connectivity index (χ4v) is 4.27. The third-order valence-electron chi connectivity index (χ3n) is 6.12. The zero-order valence-electron chi connectivity index (χ0n) is 19.6. The molecule has 35 heavy (non-hydrogen) atoms. The first-order chi connectivity index (χ1) is 16.9. The summed E-state index contributed by atoms with van der Waals surface area (Å²) in [4.78, 5) is 35.0. The molecule has 4 rings (SSSR count). The van der Waals surface area contributed by atoms with E-state index in [4.69, 9.17) is 10.7 Å². The number of nitrogens with one attached hydrogen (secondary N) is 1. The van der Waals surface area contributed by atoms with Gasteiger partial charge in [-0.3, -0.25) is 14.6 Å². The minimum Gasteiger partial charge on any atom is -0.369 e. The molecule has 1 aromatic carbocycles. The highest BCUT2D eigenvalue weighted by Gasteiger charge is 2.25. The summed E-state index contributed by atoms with van der Waals surface area (Å²) in [5.41, 5.74) is 9.82. The van der Waals surface area contributed by atoms with Gasteiger partial charge in [0.15, 0.2) is 0 Å². The zero-order valence-corrected chi connectivity index (χ0v) is 19.6. The minimum absolute atomic E-state index is 0.0454. The molecular formula is C27H28FN5O2. The standard InChI is InChI=1S/C27H28FN5O2/c1-18(34)33-14-10-20(11-15-33)24-8-7-23(25(26(29)35)21-5-3-12-30-17-21)27(32-24)31-13-9-19-4-2-6-22(28)16-19/h2-8,10,12,16-17,25H,9,11,13-15H2,1H3,(H2,29,35)(H,31,32). The van der Waals surface area contributed by atoms with Gasteiger partial charge in [-0.1, -0.05) is 30.3 Å². The van der Waals surface area contributed by atoms with Crippen LogP contribution in [-0.4, -0.2) is 46.3 Å². The van der Waals surface area contributed by atoms with Crippen molar-refractivity contribution in [2.24, 2.45) is 5.73 Å². The van der Waals surface area contributed by atoms with Crippen molar-refractivity contribution < 1.29 is 14.0 Å². The van der Waals surface area contributed by atoms with Crippen molar-refractivity contribution in [1.29, 1.82) is 0 Å². The van der Waals surface area contributed by atoms with Gasteiger partial charge in [-0.05, 0) is 53.8 Å². The summed E-state index contributed by atoms with van der Waals surface area (Å²) in [6.07, 6.45) is 6.54. The zero-order chi connectivity index (χ0) is 24.8. The van der Waals surface area contributed by atoms with Crippen LogP contribution in [0.2, 0.25) is 0 Å². The second-order valence-corrected chi connectivity index (χ2v) is 8.51. The van der Waals surface area contributed by atoms with Crippen molar-refractivity contribution in [2.45, 2.75) is 25.7 Å². The van der Waals surface area contributed by atoms with Crippen LogP contribution >= 0.6 is 0 Å². The molecule has 8 heteroatoms. The topological polar surface area (TPSA) is 101 Å². The molecule has 7 nitrogen and oxygen atoms in total. The highest BCUT2D eigenvalue weighted by atomic mass is 19.1. The predicted molar refractivity (Wildman–Crippen MR) is 133 cm³/mol. The van der Waals surface area contributed by atoms with Crippen LogP contribution in [0.3, 0.4) is 0 Å². The van der Waals surface area contributed by atoms with Crippen molar-refractivity contribution >= 4 is 23.2 Å². The first kappa shape index (κ1) is 24.1. The highest BCUT2D eigenvalue weighted by Crippen LogP contribution is 2.31. The number of carbonyl (C=O) groups is 2. The third kappa shape index (κ3) is 5.90. The highest BCUT2D eigenvalue weighted by molar-refractivity contribution is 5.87. The molecule has 0 saturated carbocycles. The number of rotatable bonds is 8. The lowest BCUT2D eigenvalue weighted by Gasteiger charge is -2.26. The van der Waals surface area contributed by atoms with Gasteiger partial charge in [0.2, 0.25) is 11.8 Å². The van der Waals surface area contributed by atoms with Gasteiger partial charge in [0, 0.05) is 44.5 Å². The quantitative estimate of drug-likeness (QED) is 0.521. The molecular weight excluding hydrogens is 445 g/mol. The predicted octanol–water partition coefficient (Wildman–Crippen LogP) is 3.52. The molecule has 3 heterocycles. The number of carbonyl (C=O) groups excluding carboxylic acids is 2. The van der Waals surface area contributed by atoms with Gasteiger partial charge in [-0.25, -0.2) is 9.37 Å². The van der Waals surface area contributed by atoms with E-state index in [1.165, 1.54) is 12.1 Å². The molecule has 2 aromatic heterocycles. The number of nitrogens with zero attached hydrogens (tertiary/aromatic N) is 3. The van der Waals surface area contributed by atoms with Gasteiger partial charge in [0.1, 0.15) is 11.6 Å². The lowest BCUT2D eigenvalue weighted by Crippen LogP contribution is -2.32. The van der Waals surface area contributed by atoms with E-state index in [1.807, 2.05) is 30.3 Å². The maximum atomic E-state index is 13.6. The summed E-state index contributed by atoms with van der Waals surface area (Å²) in [5, 5.41) is 3.34. The van der Waals surface area contributed by atoms with Crippen LogP contribution in [0.5, 0.6) is 0 Å². The Bertz CT molecular complexity index is 1250. The van der Waals surface area contributed by atoms with Crippen LogP contribution < -0.4 is 11.1 Å². The van der Waals surface area contributed by atoms with E-state index in [2.05, 4.69) is 10.3 Å². The number of benzene rings is 1. The Morgan fingerprint density at radius 1 is 1.20 bits per heavy atom. The molecule has 1 aliphatic heterocycles. The van der Waals surface area contributed by atoms with Gasteiger partial charge in [-0.15, -0.1) is 0 Å². The molecule has 0 fully saturated rings. The molecule has 0 spiro atoms. The summed E-state index contributed by atoms with van der Waals surface area (Å²) >= 11 is 0. The van der Waals surface area contributed by atoms with E-state index in [1.54, 1.807) is 36.4 Å². The minimum atomic E-state index is -0.726. The average molecular weight is 474 g/mol. The van der Waals surface area contributed by atoms with Gasteiger partial charge in [0.05, 0.1) is 11.6 Å². The normalized spacial score (nSPS) is 14.2. The Hall–Kier alpha value is -4.07. The van der Waals surface area contributed by atoms with Gasteiger partial charge >= 0.3 is 0 Å². The van der Waals surface area contributed by atoms with Crippen molar-refractivity contribution in [2.75, 3.05) is 25.0 Å². The molecule has 2 amide bonds. The van der Waals surface area contributed by atoms with Crippen LogP contribution in [-0.2, 0) is 16.0 Å². The summed E-state index contributed by atoms with van der Waals surface area (Å²) in [6.45, 7) is 3.22. The molecule has 1 aliphatic rings. The maximum Gasteiger partial charge on any atom is 0.229 e. The number of hydrogen-bond donors (Lipinski definition) is 2. The second kappa shape index (κ2) is 10.9. The van der Waals surface area contributed by atoms with E-state index in [9.17, 15) is 14.0 Å². The molecule has 1 atom stereocenters. The van der Waals surface area contributed by atoms with E-state index in [-0.39, 0.29) is 11.7 Å². The van der Waals surface area contributed by atoms with Crippen LogP contribution in [0.25, 0.3) is 5.57 Å². The smallest absolute Gasteiger partial charge is 0.229 e. The van der Waals surface area contributed by atoms with Crippen LogP contribution in [0.4, 0.5) is 10.2 Å². The van der Waals surface area contributed by atoms with Crippen LogP contribution in [0.15, 0.2) is 67.0 Å². The number of nitrogens with two attached hydrogens (primary N) is 1. The number of primary amides is 1. The average Bonchev–Trinajstić information content (AvgIpc) is 2.85. The van der Waals surface area contributed by atoms with Crippen LogP contribution in [0, 0.1) is 5.82 Å². The fraction of sp³-hybridized carbons (Fsp3) is 0.259. The second-order valence-electron chi connectivity index (χ2n) is 8.51. The Morgan fingerprint density at radius 2 is 2.06 bits per heavy atom. The molecule has 1 unspecified atom stereocenters. The van der Waals surface area contributed by atoms with Gasteiger partial charge in [-0.2, -0.15) is 0 Å². The summed E-state index contributed by atoms with van der Waals surface area (Å²) in [6, 6.07) is 13.8. The van der Waals surface area contributed by atoms with E-state index in [0.717, 1.165) is 16.8 Å². The van der Waals surface area contributed by atoms with Crippen molar-refractivity contribution in [3.05, 3.63) is 95.2 Å². The number of aromatic nitrogens is 2. The lowest BCUT2D eigenvalue weighted by molar-refractivity contribution is -0.128. The monoisotopic (exact) mass is 473 g/mol. The van der Waals surface area contributed by atoms with Crippen molar-refractivity contribution in [3.63, 3.8) is 0 Å². The number of halogens is 1. The SMILES string of the molecule is CC(=O)N1CC=C(c2ccc(C(C(N)=O)c3cccnc3)c(NCCc3cccc(F)c3)n2)CC1. The maximum absolute atomic E-state index is 13.6. The Kier molecular flexibility index (Phi) is 7.50. The molecule has 180 valence electrons. The number of anilines is 1. The Balaban J connectivity index is 1.65. The number of pyridine rings is 2. The summed E-state index contributed by atoms with van der Waals surface area (Å²) in [7, 11) is 0. The Morgan fingerprint density at radius 3 is 2.71 bits per heavy atom. The van der Waals surface area contributed by atoms with E-state index >= 15 is 0 Å². The van der Waals surface area contributed by atoms with E-state index < -0.39 is 11.8 Å². The van der Waals surface area contributed by atoms with Gasteiger partial charge < -0.3 is 16.0 Å². The Labute approximate surface area is 203 Å². The van der Waals surface area contributed by atoms with Crippen molar-refractivity contribution in [1.82, 2.24) is 14.9 Å². The third-order valence-corrected chi connectivity index (χ3v) is 6.12. The fourth-order valence-electron chi connectivity index (χ4n) is 4.27. The van der Waals surface area contributed by atoms with Crippen LogP contribution in [0.1, 0.15) is 41.6 Å². The van der Waals surface area contributed by atoms with Crippen molar-refractivity contribution in [3.8, 4) is 0 Å².